The maximum Gasteiger partial charge on any atom is 0.308 e. The zero-order valence-electron chi connectivity index (χ0n) is 16.3. The molecule has 0 unspecified atom stereocenters. The molecule has 1 N–H and O–H groups in total. The highest BCUT2D eigenvalue weighted by Gasteiger charge is 2.46. The summed E-state index contributed by atoms with van der Waals surface area (Å²) in [5.41, 5.74) is 0.820. The van der Waals surface area contributed by atoms with Crippen molar-refractivity contribution in [2.45, 2.75) is 25.8 Å². The SMILES string of the molecule is O=C(COC(=O)CCN1C(=O)[C@@H]2CC=CC[C@H]2C1=O)NCc1ccc2c(c1)OCO2. The van der Waals surface area contributed by atoms with Crippen molar-refractivity contribution in [1.29, 1.82) is 0 Å². The van der Waals surface area contributed by atoms with Gasteiger partial charge in [0.05, 0.1) is 18.3 Å². The Morgan fingerprint density at radius 2 is 1.77 bits per heavy atom. The number of likely N-dealkylation sites (tertiary alicyclic amines) is 1. The molecule has 1 fully saturated rings. The largest absolute Gasteiger partial charge is 0.456 e. The number of amides is 3. The highest BCUT2D eigenvalue weighted by atomic mass is 16.7. The van der Waals surface area contributed by atoms with Crippen LogP contribution in [0.15, 0.2) is 30.4 Å². The van der Waals surface area contributed by atoms with Crippen LogP contribution in [0.2, 0.25) is 0 Å². The lowest BCUT2D eigenvalue weighted by atomic mass is 9.85. The zero-order valence-corrected chi connectivity index (χ0v) is 16.3. The number of fused-ring (bicyclic) bond motifs is 2. The Balaban J connectivity index is 1.17. The van der Waals surface area contributed by atoms with Gasteiger partial charge in [0.15, 0.2) is 18.1 Å². The van der Waals surface area contributed by atoms with Gasteiger partial charge < -0.3 is 19.5 Å². The van der Waals surface area contributed by atoms with Crippen molar-refractivity contribution in [3.63, 3.8) is 0 Å². The summed E-state index contributed by atoms with van der Waals surface area (Å²) in [6, 6.07) is 5.33. The first kappa shape index (κ1) is 19.9. The zero-order chi connectivity index (χ0) is 21.1. The van der Waals surface area contributed by atoms with Gasteiger partial charge in [-0.15, -0.1) is 0 Å². The number of nitrogens with one attached hydrogen (secondary N) is 1. The number of esters is 1. The lowest BCUT2D eigenvalue weighted by molar-refractivity contribution is -0.150. The summed E-state index contributed by atoms with van der Waals surface area (Å²) in [5.74, 6) is -0.916. The molecule has 0 spiro atoms. The third kappa shape index (κ3) is 4.14. The van der Waals surface area contributed by atoms with Crippen LogP contribution in [0.4, 0.5) is 0 Å². The number of rotatable bonds is 7. The number of hydrogen-bond donors (Lipinski definition) is 1. The summed E-state index contributed by atoms with van der Waals surface area (Å²) >= 11 is 0. The van der Waals surface area contributed by atoms with Crippen molar-refractivity contribution in [3.05, 3.63) is 35.9 Å². The van der Waals surface area contributed by atoms with Crippen LogP contribution in [0, 0.1) is 11.8 Å². The summed E-state index contributed by atoms with van der Waals surface area (Å²) in [6.45, 7) is -0.0305. The predicted molar refractivity (Wildman–Crippen MR) is 102 cm³/mol. The molecule has 1 aromatic carbocycles. The third-order valence-electron chi connectivity index (χ3n) is 5.43. The Kier molecular flexibility index (Phi) is 5.69. The number of imide groups is 1. The molecule has 0 aromatic heterocycles. The number of carbonyl (C=O) groups is 4. The standard InChI is InChI=1S/C21H22N2O7/c24-18(22-10-13-5-6-16-17(9-13)30-12-29-16)11-28-19(25)7-8-23-20(26)14-3-1-2-4-15(14)21(23)27/h1-2,5-6,9,14-15H,3-4,7-8,10-12H2,(H,22,24)/t14-,15-/m1/s1. The molecule has 9 heteroatoms. The first-order valence-electron chi connectivity index (χ1n) is 9.84. The topological polar surface area (TPSA) is 111 Å². The maximum absolute atomic E-state index is 12.4. The minimum atomic E-state index is -0.637. The van der Waals surface area contributed by atoms with Gasteiger partial charge in [0.25, 0.3) is 5.91 Å². The molecule has 2 atom stereocenters. The molecule has 158 valence electrons. The molecule has 2 heterocycles. The van der Waals surface area contributed by atoms with Gasteiger partial charge in [0, 0.05) is 13.1 Å². The van der Waals surface area contributed by atoms with Crippen molar-refractivity contribution < 1.29 is 33.4 Å². The average molecular weight is 414 g/mol. The molecule has 4 rings (SSSR count). The van der Waals surface area contributed by atoms with Crippen LogP contribution in [0.5, 0.6) is 11.5 Å². The molecule has 9 nitrogen and oxygen atoms in total. The minimum Gasteiger partial charge on any atom is -0.456 e. The first-order valence-corrected chi connectivity index (χ1v) is 9.84. The second-order valence-electron chi connectivity index (χ2n) is 7.36. The quantitative estimate of drug-likeness (QED) is 0.401. The van der Waals surface area contributed by atoms with Gasteiger partial charge in [-0.25, -0.2) is 0 Å². The van der Waals surface area contributed by atoms with E-state index >= 15 is 0 Å². The second-order valence-corrected chi connectivity index (χ2v) is 7.36. The highest BCUT2D eigenvalue weighted by Crippen LogP contribution is 2.35. The molecule has 0 saturated carbocycles. The molecule has 1 aliphatic carbocycles. The van der Waals surface area contributed by atoms with Crippen LogP contribution in [0.1, 0.15) is 24.8 Å². The summed E-state index contributed by atoms with van der Waals surface area (Å²) in [4.78, 5) is 49.7. The molecular formula is C21H22N2O7. The molecule has 3 amide bonds. The Labute approximate surface area is 172 Å². The molecule has 1 aromatic rings. The smallest absolute Gasteiger partial charge is 0.308 e. The van der Waals surface area contributed by atoms with E-state index in [0.717, 1.165) is 10.5 Å². The fourth-order valence-electron chi connectivity index (χ4n) is 3.81. The summed E-state index contributed by atoms with van der Waals surface area (Å²) in [7, 11) is 0. The van der Waals surface area contributed by atoms with Gasteiger partial charge in [-0.2, -0.15) is 0 Å². The van der Waals surface area contributed by atoms with E-state index in [0.29, 0.717) is 24.3 Å². The predicted octanol–water partition coefficient (Wildman–Crippen LogP) is 0.916. The lowest BCUT2D eigenvalue weighted by Gasteiger charge is -2.14. The summed E-state index contributed by atoms with van der Waals surface area (Å²) in [5, 5.41) is 2.65. The highest BCUT2D eigenvalue weighted by molar-refractivity contribution is 6.05. The molecule has 0 bridgehead atoms. The molecular weight excluding hydrogens is 392 g/mol. The van der Waals surface area contributed by atoms with Crippen molar-refractivity contribution in [3.8, 4) is 11.5 Å². The van der Waals surface area contributed by atoms with Gasteiger partial charge in [-0.05, 0) is 30.5 Å². The molecule has 0 radical (unpaired) electrons. The van der Waals surface area contributed by atoms with E-state index in [9.17, 15) is 19.2 Å². The minimum absolute atomic E-state index is 0.0255. The van der Waals surface area contributed by atoms with Crippen LogP contribution in [0.3, 0.4) is 0 Å². The van der Waals surface area contributed by atoms with E-state index in [1.807, 2.05) is 12.2 Å². The van der Waals surface area contributed by atoms with E-state index in [-0.39, 0.29) is 50.0 Å². The van der Waals surface area contributed by atoms with Gasteiger partial charge in [-0.3, -0.25) is 24.1 Å². The lowest BCUT2D eigenvalue weighted by Crippen LogP contribution is -2.34. The number of carbonyl (C=O) groups excluding carboxylic acids is 4. The average Bonchev–Trinajstić information content (AvgIpc) is 3.32. The van der Waals surface area contributed by atoms with Gasteiger partial charge in [0.1, 0.15) is 0 Å². The van der Waals surface area contributed by atoms with E-state index in [1.165, 1.54) is 0 Å². The maximum atomic E-state index is 12.4. The van der Waals surface area contributed by atoms with Crippen molar-refractivity contribution >= 4 is 23.7 Å². The molecule has 30 heavy (non-hydrogen) atoms. The Morgan fingerprint density at radius 1 is 1.07 bits per heavy atom. The van der Waals surface area contributed by atoms with Gasteiger partial charge in [0.2, 0.25) is 18.6 Å². The monoisotopic (exact) mass is 414 g/mol. The Morgan fingerprint density at radius 3 is 2.50 bits per heavy atom. The van der Waals surface area contributed by atoms with E-state index in [4.69, 9.17) is 14.2 Å². The fourth-order valence-corrected chi connectivity index (χ4v) is 3.81. The summed E-state index contributed by atoms with van der Waals surface area (Å²) < 4.78 is 15.5. The number of ether oxygens (including phenoxy) is 3. The van der Waals surface area contributed by atoms with Crippen LogP contribution in [-0.4, -0.2) is 48.5 Å². The second kappa shape index (κ2) is 8.56. The van der Waals surface area contributed by atoms with Crippen molar-refractivity contribution in [1.82, 2.24) is 10.2 Å². The molecule has 3 aliphatic rings. The van der Waals surface area contributed by atoms with Crippen LogP contribution >= 0.6 is 0 Å². The van der Waals surface area contributed by atoms with Crippen molar-refractivity contribution in [2.75, 3.05) is 19.9 Å². The first-order chi connectivity index (χ1) is 14.5. The van der Waals surface area contributed by atoms with E-state index in [1.54, 1.807) is 18.2 Å². The van der Waals surface area contributed by atoms with Gasteiger partial charge >= 0.3 is 5.97 Å². The molecule has 2 aliphatic heterocycles. The number of hydrogen-bond acceptors (Lipinski definition) is 7. The van der Waals surface area contributed by atoms with Crippen LogP contribution in [0.25, 0.3) is 0 Å². The molecule has 1 saturated heterocycles. The third-order valence-corrected chi connectivity index (χ3v) is 5.43. The number of allylic oxidation sites excluding steroid dienone is 2. The van der Waals surface area contributed by atoms with Crippen molar-refractivity contribution in [2.24, 2.45) is 11.8 Å². The normalized spacial score (nSPS) is 21.5. The Bertz CT molecular complexity index is 885. The van der Waals surface area contributed by atoms with E-state index in [2.05, 4.69) is 5.32 Å². The summed E-state index contributed by atoms with van der Waals surface area (Å²) in [6.07, 6.45) is 4.79. The van der Waals surface area contributed by atoms with Crippen LogP contribution in [-0.2, 0) is 30.5 Å². The number of nitrogens with zero attached hydrogens (tertiary/aromatic N) is 1. The van der Waals surface area contributed by atoms with Gasteiger partial charge in [-0.1, -0.05) is 18.2 Å². The fraction of sp³-hybridized carbons (Fsp3) is 0.429. The number of benzene rings is 1. The van der Waals surface area contributed by atoms with E-state index < -0.39 is 18.5 Å². The van der Waals surface area contributed by atoms with Crippen LogP contribution < -0.4 is 14.8 Å². The Hall–Kier alpha value is -3.36.